The van der Waals surface area contributed by atoms with Gasteiger partial charge in [0, 0.05) is 12.5 Å². The SMILES string of the molecule is CCc1nncn1C(C)C. The van der Waals surface area contributed by atoms with Gasteiger partial charge in [-0.25, -0.2) is 0 Å². The van der Waals surface area contributed by atoms with Gasteiger partial charge in [-0.15, -0.1) is 10.2 Å². The monoisotopic (exact) mass is 139 g/mol. The fourth-order valence-electron chi connectivity index (χ4n) is 0.951. The summed E-state index contributed by atoms with van der Waals surface area (Å²) in [4.78, 5) is 0. The minimum atomic E-state index is 0.477. The zero-order valence-electron chi connectivity index (χ0n) is 6.70. The van der Waals surface area contributed by atoms with E-state index < -0.39 is 0 Å². The number of hydrogen-bond acceptors (Lipinski definition) is 2. The first kappa shape index (κ1) is 7.25. The highest BCUT2D eigenvalue weighted by Gasteiger charge is 2.02. The molecule has 0 bridgehead atoms. The van der Waals surface area contributed by atoms with Crippen LogP contribution < -0.4 is 0 Å². The molecule has 0 unspecified atom stereocenters. The maximum atomic E-state index is 3.97. The molecule has 1 heterocycles. The molecule has 0 N–H and O–H groups in total. The molecular weight excluding hydrogens is 126 g/mol. The van der Waals surface area contributed by atoms with Crippen molar-refractivity contribution in [3.8, 4) is 0 Å². The summed E-state index contributed by atoms with van der Waals surface area (Å²) in [5.41, 5.74) is 0. The van der Waals surface area contributed by atoms with Gasteiger partial charge < -0.3 is 4.57 Å². The summed E-state index contributed by atoms with van der Waals surface area (Å²) in [6.45, 7) is 6.34. The second kappa shape index (κ2) is 2.82. The maximum Gasteiger partial charge on any atom is 0.132 e. The number of aromatic nitrogens is 3. The molecule has 1 aromatic heterocycles. The summed E-state index contributed by atoms with van der Waals surface area (Å²) < 4.78 is 2.08. The van der Waals surface area contributed by atoms with E-state index in [1.807, 2.05) is 0 Å². The first-order valence-electron chi connectivity index (χ1n) is 3.64. The average molecular weight is 139 g/mol. The Morgan fingerprint density at radius 3 is 2.70 bits per heavy atom. The second-order valence-corrected chi connectivity index (χ2v) is 2.60. The summed E-state index contributed by atoms with van der Waals surface area (Å²) in [7, 11) is 0. The van der Waals surface area contributed by atoms with Crippen LogP contribution in [0.1, 0.15) is 32.6 Å². The van der Waals surface area contributed by atoms with Gasteiger partial charge in [-0.1, -0.05) is 6.92 Å². The van der Waals surface area contributed by atoms with Gasteiger partial charge in [0.25, 0.3) is 0 Å². The Balaban J connectivity index is 2.90. The van der Waals surface area contributed by atoms with Gasteiger partial charge in [0.1, 0.15) is 12.2 Å². The van der Waals surface area contributed by atoms with Crippen LogP contribution in [-0.2, 0) is 6.42 Å². The minimum absolute atomic E-state index is 0.477. The van der Waals surface area contributed by atoms with Crippen molar-refractivity contribution in [1.82, 2.24) is 14.8 Å². The lowest BCUT2D eigenvalue weighted by Gasteiger charge is -2.07. The summed E-state index contributed by atoms with van der Waals surface area (Å²) in [6, 6.07) is 0.477. The van der Waals surface area contributed by atoms with Crippen LogP contribution >= 0.6 is 0 Å². The van der Waals surface area contributed by atoms with Crippen LogP contribution in [0.4, 0.5) is 0 Å². The number of nitrogens with zero attached hydrogens (tertiary/aromatic N) is 3. The fourth-order valence-corrected chi connectivity index (χ4v) is 0.951. The van der Waals surface area contributed by atoms with Gasteiger partial charge in [0.05, 0.1) is 0 Å². The topological polar surface area (TPSA) is 30.7 Å². The Morgan fingerprint density at radius 2 is 2.30 bits per heavy atom. The normalized spacial score (nSPS) is 10.8. The Morgan fingerprint density at radius 1 is 1.60 bits per heavy atom. The van der Waals surface area contributed by atoms with Gasteiger partial charge >= 0.3 is 0 Å². The van der Waals surface area contributed by atoms with Crippen LogP contribution in [0.3, 0.4) is 0 Å². The molecule has 3 nitrogen and oxygen atoms in total. The molecule has 0 atom stereocenters. The van der Waals surface area contributed by atoms with Crippen molar-refractivity contribution in [2.24, 2.45) is 0 Å². The Hall–Kier alpha value is -0.860. The summed E-state index contributed by atoms with van der Waals surface area (Å²) in [6.07, 6.45) is 2.74. The molecule has 1 aromatic rings. The number of rotatable bonds is 2. The Bertz CT molecular complexity index is 202. The van der Waals surface area contributed by atoms with Gasteiger partial charge in [-0.3, -0.25) is 0 Å². The Labute approximate surface area is 61.1 Å². The van der Waals surface area contributed by atoms with Crippen molar-refractivity contribution in [3.63, 3.8) is 0 Å². The Kier molecular flexibility index (Phi) is 2.04. The van der Waals surface area contributed by atoms with E-state index in [0.29, 0.717) is 6.04 Å². The van der Waals surface area contributed by atoms with Gasteiger partial charge in [-0.2, -0.15) is 0 Å². The largest absolute Gasteiger partial charge is 0.315 e. The second-order valence-electron chi connectivity index (χ2n) is 2.60. The predicted molar refractivity (Wildman–Crippen MR) is 39.8 cm³/mol. The summed E-state index contributed by atoms with van der Waals surface area (Å²) >= 11 is 0. The van der Waals surface area contributed by atoms with Crippen molar-refractivity contribution in [2.45, 2.75) is 33.2 Å². The quantitative estimate of drug-likeness (QED) is 0.620. The lowest BCUT2D eigenvalue weighted by molar-refractivity contribution is 0.571. The molecule has 0 fully saturated rings. The minimum Gasteiger partial charge on any atom is -0.315 e. The summed E-state index contributed by atoms with van der Waals surface area (Å²) in [5, 5.41) is 7.80. The van der Waals surface area contributed by atoms with Crippen LogP contribution in [0.25, 0.3) is 0 Å². The third-order valence-corrected chi connectivity index (χ3v) is 1.52. The molecular formula is C7H13N3. The van der Waals surface area contributed by atoms with Crippen LogP contribution in [0.15, 0.2) is 6.33 Å². The van der Waals surface area contributed by atoms with E-state index in [-0.39, 0.29) is 0 Å². The van der Waals surface area contributed by atoms with Crippen LogP contribution in [0.2, 0.25) is 0 Å². The van der Waals surface area contributed by atoms with Crippen LogP contribution in [0.5, 0.6) is 0 Å². The first-order chi connectivity index (χ1) is 4.75. The number of aryl methyl sites for hydroxylation is 1. The third-order valence-electron chi connectivity index (χ3n) is 1.52. The van der Waals surface area contributed by atoms with Crippen molar-refractivity contribution in [2.75, 3.05) is 0 Å². The van der Waals surface area contributed by atoms with E-state index in [2.05, 4.69) is 35.5 Å². The van der Waals surface area contributed by atoms with Crippen LogP contribution in [-0.4, -0.2) is 14.8 Å². The van der Waals surface area contributed by atoms with Gasteiger partial charge in [-0.05, 0) is 13.8 Å². The van der Waals surface area contributed by atoms with E-state index in [1.54, 1.807) is 6.33 Å². The van der Waals surface area contributed by atoms with E-state index in [1.165, 1.54) is 0 Å². The molecule has 1 rings (SSSR count). The molecule has 0 amide bonds. The van der Waals surface area contributed by atoms with Gasteiger partial charge in [0.2, 0.25) is 0 Å². The third kappa shape index (κ3) is 1.17. The average Bonchev–Trinajstić information content (AvgIpc) is 2.33. The van der Waals surface area contributed by atoms with Crippen molar-refractivity contribution < 1.29 is 0 Å². The van der Waals surface area contributed by atoms with E-state index in [4.69, 9.17) is 0 Å². The molecule has 3 heteroatoms. The molecule has 0 radical (unpaired) electrons. The van der Waals surface area contributed by atoms with Crippen LogP contribution in [0, 0.1) is 0 Å². The highest BCUT2D eigenvalue weighted by atomic mass is 15.3. The standard InChI is InChI=1S/C7H13N3/c1-4-7-9-8-5-10(7)6(2)3/h5-6H,4H2,1-3H3. The molecule has 0 aromatic carbocycles. The fraction of sp³-hybridized carbons (Fsp3) is 0.714. The maximum absolute atomic E-state index is 3.97. The smallest absolute Gasteiger partial charge is 0.132 e. The van der Waals surface area contributed by atoms with Crippen molar-refractivity contribution in [1.29, 1.82) is 0 Å². The van der Waals surface area contributed by atoms with Gasteiger partial charge in [0.15, 0.2) is 0 Å². The van der Waals surface area contributed by atoms with Crippen molar-refractivity contribution in [3.05, 3.63) is 12.2 Å². The molecule has 0 spiro atoms. The highest BCUT2D eigenvalue weighted by molar-refractivity contribution is 4.86. The van der Waals surface area contributed by atoms with E-state index >= 15 is 0 Å². The lowest BCUT2D eigenvalue weighted by atomic mass is 10.3. The first-order valence-corrected chi connectivity index (χ1v) is 3.64. The zero-order chi connectivity index (χ0) is 7.56. The lowest BCUT2D eigenvalue weighted by Crippen LogP contribution is -2.03. The predicted octanol–water partition coefficient (Wildman–Crippen LogP) is 1.42. The molecule has 0 aliphatic heterocycles. The molecule has 10 heavy (non-hydrogen) atoms. The van der Waals surface area contributed by atoms with E-state index in [9.17, 15) is 0 Å². The summed E-state index contributed by atoms with van der Waals surface area (Å²) in [5.74, 6) is 1.06. The molecule has 0 aliphatic rings. The molecule has 0 saturated heterocycles. The molecule has 0 saturated carbocycles. The highest BCUT2D eigenvalue weighted by Crippen LogP contribution is 2.05. The molecule has 56 valence electrons. The molecule has 0 aliphatic carbocycles. The van der Waals surface area contributed by atoms with Crippen molar-refractivity contribution >= 4 is 0 Å². The van der Waals surface area contributed by atoms with E-state index in [0.717, 1.165) is 12.2 Å². The number of hydrogen-bond donors (Lipinski definition) is 0. The zero-order valence-corrected chi connectivity index (χ0v) is 6.70.